The predicted octanol–water partition coefficient (Wildman–Crippen LogP) is 17.2. The fourth-order valence-electron chi connectivity index (χ4n) is 10.7. The van der Waals surface area contributed by atoms with Crippen molar-refractivity contribution in [1.29, 1.82) is 0 Å². The molecule has 9 aromatic rings. The molecule has 0 atom stereocenters. The zero-order valence-corrected chi connectivity index (χ0v) is 39.2. The minimum atomic E-state index is -1.02. The van der Waals surface area contributed by atoms with Gasteiger partial charge in [0, 0.05) is 5.41 Å². The Morgan fingerprint density at radius 3 is 1.52 bits per heavy atom. The van der Waals surface area contributed by atoms with E-state index >= 15 is 0 Å². The summed E-state index contributed by atoms with van der Waals surface area (Å²) in [7, 11) is 0. The fraction of sp³-hybridized carbons (Fsp3) is 0.148. The van der Waals surface area contributed by atoms with Gasteiger partial charge in [0.25, 0.3) is 0 Å². The summed E-state index contributed by atoms with van der Waals surface area (Å²) in [6.45, 7) is 9.71. The summed E-state index contributed by atoms with van der Waals surface area (Å²) in [5.41, 5.74) is 22.9. The van der Waals surface area contributed by atoms with Crippen molar-refractivity contribution in [2.45, 2.75) is 43.0 Å². The number of anilines is 3. The third-order valence-electron chi connectivity index (χ3n) is 13.9. The number of nitrogens with zero attached hydrogens (tertiary/aromatic N) is 1. The Hall–Kier alpha value is -6.23. The summed E-state index contributed by atoms with van der Waals surface area (Å²) in [4.78, 5) is 7.48. The van der Waals surface area contributed by atoms with Crippen LogP contribution in [0.5, 0.6) is 0 Å². The fourth-order valence-corrected chi connectivity index (χ4v) is 13.0. The predicted molar refractivity (Wildman–Crippen MR) is 280 cm³/mol. The standard InChI is InChI=1S/C61H52IN/c1-60(2)54-26-14-13-22-51(54)52-37-56-53(38-55(52)60)59-57(61(56,3)4)35-45(49-24-16-23-48-44(39-62(5)6)21-15-25-50(48)49)36-58(59)63(46-31-27-42(28-32-46)40-17-9-7-10-18-40)47-33-29-43(30-34-47)41-19-11-8-12-20-41/h7-38H,39H2,1-6H3. The molecular formula is C61H52IN. The molecule has 308 valence electrons. The molecule has 9 aromatic carbocycles. The number of fused-ring (bicyclic) bond motifs is 7. The van der Waals surface area contributed by atoms with E-state index in [0.29, 0.717) is 0 Å². The summed E-state index contributed by atoms with van der Waals surface area (Å²) < 4.78 is 1.21. The van der Waals surface area contributed by atoms with E-state index in [1.165, 1.54) is 104 Å². The van der Waals surface area contributed by atoms with Crippen molar-refractivity contribution >= 4 is 47.7 Å². The second-order valence-electron chi connectivity index (χ2n) is 18.7. The maximum atomic E-state index is 2.57. The molecule has 0 bridgehead atoms. The van der Waals surface area contributed by atoms with E-state index in [2.05, 4.69) is 237 Å². The molecule has 0 saturated heterocycles. The van der Waals surface area contributed by atoms with Crippen molar-refractivity contribution in [3.05, 3.63) is 222 Å². The van der Waals surface area contributed by atoms with E-state index in [1.54, 1.807) is 0 Å². The molecule has 2 heteroatoms. The van der Waals surface area contributed by atoms with Crippen LogP contribution in [0.4, 0.5) is 17.1 Å². The van der Waals surface area contributed by atoms with Gasteiger partial charge in [0.05, 0.1) is 0 Å². The first-order valence-electron chi connectivity index (χ1n) is 22.1. The summed E-state index contributed by atoms with van der Waals surface area (Å²) in [5.74, 6) is 0. The van der Waals surface area contributed by atoms with Crippen molar-refractivity contribution in [1.82, 2.24) is 0 Å². The Labute approximate surface area is 380 Å². The van der Waals surface area contributed by atoms with Crippen LogP contribution in [0.3, 0.4) is 0 Å². The van der Waals surface area contributed by atoms with Gasteiger partial charge in [-0.3, -0.25) is 0 Å². The normalized spacial score (nSPS) is 14.2. The molecule has 0 unspecified atom stereocenters. The Kier molecular flexibility index (Phi) is 9.58. The quantitative estimate of drug-likeness (QED) is 0.108. The Bertz CT molecular complexity index is 3110. The molecule has 11 rings (SSSR count). The van der Waals surface area contributed by atoms with Crippen LogP contribution >= 0.6 is 19.8 Å². The van der Waals surface area contributed by atoms with Crippen LogP contribution in [0.25, 0.3) is 66.4 Å². The molecule has 0 saturated carbocycles. The van der Waals surface area contributed by atoms with Gasteiger partial charge in [-0.15, -0.1) is 0 Å². The van der Waals surface area contributed by atoms with Gasteiger partial charge in [0.2, 0.25) is 0 Å². The Balaban J connectivity index is 1.19. The number of hydrogen-bond acceptors (Lipinski definition) is 1. The van der Waals surface area contributed by atoms with E-state index in [0.717, 1.165) is 11.4 Å². The number of alkyl halides is 3. The molecule has 0 radical (unpaired) electrons. The van der Waals surface area contributed by atoms with Crippen molar-refractivity contribution in [2.24, 2.45) is 0 Å². The van der Waals surface area contributed by atoms with Gasteiger partial charge in [0.1, 0.15) is 0 Å². The molecule has 0 aliphatic heterocycles. The summed E-state index contributed by atoms with van der Waals surface area (Å²) in [6.07, 6.45) is 0. The number of benzene rings is 9. The van der Waals surface area contributed by atoms with Crippen LogP contribution in [0.1, 0.15) is 55.5 Å². The minimum absolute atomic E-state index is 0.117. The van der Waals surface area contributed by atoms with E-state index in [1.807, 2.05) is 0 Å². The number of rotatable bonds is 8. The van der Waals surface area contributed by atoms with Gasteiger partial charge in [-0.1, -0.05) is 98.8 Å². The molecule has 0 fully saturated rings. The van der Waals surface area contributed by atoms with Crippen LogP contribution in [0.15, 0.2) is 194 Å². The topological polar surface area (TPSA) is 3.24 Å². The Morgan fingerprint density at radius 2 is 0.889 bits per heavy atom. The van der Waals surface area contributed by atoms with E-state index in [9.17, 15) is 0 Å². The molecule has 2 aliphatic carbocycles. The van der Waals surface area contributed by atoms with Gasteiger partial charge in [-0.2, -0.15) is 0 Å². The summed E-state index contributed by atoms with van der Waals surface area (Å²) in [6, 6.07) is 73.0. The van der Waals surface area contributed by atoms with Gasteiger partial charge in [0.15, 0.2) is 0 Å². The zero-order chi connectivity index (χ0) is 43.0. The molecule has 0 spiro atoms. The molecule has 63 heavy (non-hydrogen) atoms. The number of hydrogen-bond donors (Lipinski definition) is 0. The summed E-state index contributed by atoms with van der Waals surface area (Å²) in [5, 5.41) is 2.71. The van der Waals surface area contributed by atoms with Gasteiger partial charge < -0.3 is 0 Å². The molecule has 0 N–H and O–H groups in total. The monoisotopic (exact) mass is 925 g/mol. The van der Waals surface area contributed by atoms with Crippen LogP contribution < -0.4 is 4.90 Å². The first kappa shape index (κ1) is 39.6. The molecule has 0 amide bonds. The molecule has 0 heterocycles. The SMILES string of the molecule is CI(C)Cc1cccc2c(-c3cc(N(c4ccc(-c5ccccc5)cc4)c4ccc(-c5ccccc5)cc4)c4c(c3)C(C)(C)c3cc5c(cc3-4)C(C)(C)c3ccccc3-5)cccc12. The second-order valence-corrected chi connectivity index (χ2v) is 24.7. The van der Waals surface area contributed by atoms with E-state index < -0.39 is 19.8 Å². The van der Waals surface area contributed by atoms with Crippen molar-refractivity contribution in [3.8, 4) is 55.6 Å². The van der Waals surface area contributed by atoms with Crippen molar-refractivity contribution in [2.75, 3.05) is 14.8 Å². The third kappa shape index (κ3) is 6.56. The zero-order valence-electron chi connectivity index (χ0n) is 37.0. The molecular weight excluding hydrogens is 874 g/mol. The van der Waals surface area contributed by atoms with Crippen LogP contribution in [0.2, 0.25) is 0 Å². The van der Waals surface area contributed by atoms with E-state index in [-0.39, 0.29) is 10.8 Å². The van der Waals surface area contributed by atoms with E-state index in [4.69, 9.17) is 0 Å². The first-order chi connectivity index (χ1) is 30.6. The van der Waals surface area contributed by atoms with Crippen LogP contribution in [0, 0.1) is 0 Å². The van der Waals surface area contributed by atoms with Crippen molar-refractivity contribution in [3.63, 3.8) is 0 Å². The average Bonchev–Trinajstić information content (AvgIpc) is 3.68. The average molecular weight is 926 g/mol. The Morgan fingerprint density at radius 1 is 0.381 bits per heavy atom. The molecule has 1 nitrogen and oxygen atoms in total. The molecule has 0 aromatic heterocycles. The summed E-state index contributed by atoms with van der Waals surface area (Å²) >= 11 is -1.02. The second kappa shape index (κ2) is 15.2. The van der Waals surface area contributed by atoms with Gasteiger partial charge in [-0.05, 0) is 33.4 Å². The molecule has 2 aliphatic rings. The van der Waals surface area contributed by atoms with Gasteiger partial charge >= 0.3 is 245 Å². The first-order valence-corrected chi connectivity index (χ1v) is 28.0. The van der Waals surface area contributed by atoms with Crippen molar-refractivity contribution < 1.29 is 0 Å². The van der Waals surface area contributed by atoms with Gasteiger partial charge in [-0.25, -0.2) is 0 Å². The maximum absolute atomic E-state index is 2.57. The number of halogens is 1. The van der Waals surface area contributed by atoms with Crippen LogP contribution in [-0.4, -0.2) is 9.86 Å². The van der Waals surface area contributed by atoms with Crippen LogP contribution in [-0.2, 0) is 15.3 Å². The third-order valence-corrected chi connectivity index (χ3v) is 16.2.